The van der Waals surface area contributed by atoms with Crippen LogP contribution in [-0.2, 0) is 4.74 Å². The molecular formula is C15H22N4O2. The first kappa shape index (κ1) is 14.3. The Morgan fingerprint density at radius 1 is 1.33 bits per heavy atom. The maximum absolute atomic E-state index is 12.3. The van der Waals surface area contributed by atoms with Crippen molar-refractivity contribution in [2.45, 2.75) is 38.6 Å². The van der Waals surface area contributed by atoms with Gasteiger partial charge in [-0.15, -0.1) is 0 Å². The second-order valence-corrected chi connectivity index (χ2v) is 5.72. The topological polar surface area (TPSA) is 67.3 Å². The van der Waals surface area contributed by atoms with E-state index in [0.29, 0.717) is 30.8 Å². The fraction of sp³-hybridized carbons (Fsp3) is 0.667. The molecule has 0 unspecified atom stereocenters. The van der Waals surface area contributed by atoms with Gasteiger partial charge in [-0.25, -0.2) is 9.97 Å². The Bertz CT molecular complexity index is 508. The summed E-state index contributed by atoms with van der Waals surface area (Å²) in [6.07, 6.45) is 6.22. The SMILES string of the molecule is Cc1nc(N2CCOCC2)ncc1C(=O)NC1CCCC1. The number of nitrogens with one attached hydrogen (secondary N) is 1. The molecule has 1 aliphatic carbocycles. The van der Waals surface area contributed by atoms with Crippen molar-refractivity contribution in [1.82, 2.24) is 15.3 Å². The number of anilines is 1. The van der Waals surface area contributed by atoms with Crippen LogP contribution in [-0.4, -0.2) is 48.2 Å². The van der Waals surface area contributed by atoms with E-state index in [9.17, 15) is 4.79 Å². The molecule has 6 heteroatoms. The van der Waals surface area contributed by atoms with Crippen LogP contribution in [0.5, 0.6) is 0 Å². The van der Waals surface area contributed by atoms with Crippen LogP contribution in [0, 0.1) is 6.92 Å². The lowest BCUT2D eigenvalue weighted by molar-refractivity contribution is 0.0936. The molecule has 114 valence electrons. The molecular weight excluding hydrogens is 268 g/mol. The molecule has 2 heterocycles. The molecule has 0 radical (unpaired) electrons. The van der Waals surface area contributed by atoms with Gasteiger partial charge in [0.2, 0.25) is 5.95 Å². The van der Waals surface area contributed by atoms with Gasteiger partial charge in [-0.2, -0.15) is 0 Å². The first-order valence-electron chi connectivity index (χ1n) is 7.71. The molecule has 1 aromatic heterocycles. The standard InChI is InChI=1S/C15H22N4O2/c1-11-13(14(20)18-12-4-2-3-5-12)10-16-15(17-11)19-6-8-21-9-7-19/h10,12H,2-9H2,1H3,(H,18,20). The van der Waals surface area contributed by atoms with Crippen molar-refractivity contribution in [2.75, 3.05) is 31.2 Å². The van der Waals surface area contributed by atoms with Crippen LogP contribution < -0.4 is 10.2 Å². The molecule has 1 aromatic rings. The molecule has 1 N–H and O–H groups in total. The molecule has 6 nitrogen and oxygen atoms in total. The zero-order valence-electron chi connectivity index (χ0n) is 12.5. The minimum atomic E-state index is -0.0482. The normalized spacial score (nSPS) is 19.8. The highest BCUT2D eigenvalue weighted by atomic mass is 16.5. The van der Waals surface area contributed by atoms with E-state index in [1.165, 1.54) is 12.8 Å². The molecule has 0 atom stereocenters. The first-order chi connectivity index (χ1) is 10.2. The molecule has 21 heavy (non-hydrogen) atoms. The largest absolute Gasteiger partial charge is 0.378 e. The number of hydrogen-bond donors (Lipinski definition) is 1. The van der Waals surface area contributed by atoms with Gasteiger partial charge in [-0.05, 0) is 19.8 Å². The van der Waals surface area contributed by atoms with Gasteiger partial charge in [-0.1, -0.05) is 12.8 Å². The van der Waals surface area contributed by atoms with Crippen LogP contribution in [0.4, 0.5) is 5.95 Å². The summed E-state index contributed by atoms with van der Waals surface area (Å²) in [6.45, 7) is 4.87. The smallest absolute Gasteiger partial charge is 0.254 e. The average molecular weight is 290 g/mol. The van der Waals surface area contributed by atoms with Crippen molar-refractivity contribution in [2.24, 2.45) is 0 Å². The maximum Gasteiger partial charge on any atom is 0.254 e. The predicted molar refractivity (Wildman–Crippen MR) is 79.5 cm³/mol. The van der Waals surface area contributed by atoms with Crippen molar-refractivity contribution in [3.63, 3.8) is 0 Å². The molecule has 0 bridgehead atoms. The Morgan fingerprint density at radius 3 is 2.71 bits per heavy atom. The van der Waals surface area contributed by atoms with Crippen molar-refractivity contribution in [3.8, 4) is 0 Å². The van der Waals surface area contributed by atoms with E-state index in [2.05, 4.69) is 20.2 Å². The van der Waals surface area contributed by atoms with Gasteiger partial charge >= 0.3 is 0 Å². The molecule has 1 aliphatic heterocycles. The summed E-state index contributed by atoms with van der Waals surface area (Å²) in [5, 5.41) is 3.08. The quantitative estimate of drug-likeness (QED) is 0.908. The molecule has 0 aromatic carbocycles. The van der Waals surface area contributed by atoms with Gasteiger partial charge in [0.25, 0.3) is 5.91 Å². The van der Waals surface area contributed by atoms with Gasteiger partial charge in [0, 0.05) is 25.3 Å². The number of ether oxygens (including phenoxy) is 1. The van der Waals surface area contributed by atoms with Gasteiger partial charge in [0.15, 0.2) is 0 Å². The number of amides is 1. The second-order valence-electron chi connectivity index (χ2n) is 5.72. The Labute approximate surface area is 124 Å². The summed E-state index contributed by atoms with van der Waals surface area (Å²) in [5.74, 6) is 0.640. The van der Waals surface area contributed by atoms with Crippen molar-refractivity contribution in [1.29, 1.82) is 0 Å². The van der Waals surface area contributed by atoms with Crippen LogP contribution >= 0.6 is 0 Å². The fourth-order valence-electron chi connectivity index (χ4n) is 2.93. The van der Waals surface area contributed by atoms with Crippen molar-refractivity contribution >= 4 is 11.9 Å². The maximum atomic E-state index is 12.3. The van der Waals surface area contributed by atoms with Crippen LogP contribution in [0.2, 0.25) is 0 Å². The van der Waals surface area contributed by atoms with Crippen LogP contribution in [0.25, 0.3) is 0 Å². The minimum Gasteiger partial charge on any atom is -0.378 e. The number of carbonyl (C=O) groups excluding carboxylic acids is 1. The zero-order chi connectivity index (χ0) is 14.7. The lowest BCUT2D eigenvalue weighted by Gasteiger charge is -2.27. The summed E-state index contributed by atoms with van der Waals surface area (Å²) >= 11 is 0. The molecule has 0 spiro atoms. The summed E-state index contributed by atoms with van der Waals surface area (Å²) in [4.78, 5) is 23.2. The summed E-state index contributed by atoms with van der Waals surface area (Å²) in [6, 6.07) is 0.316. The Morgan fingerprint density at radius 2 is 2.05 bits per heavy atom. The lowest BCUT2D eigenvalue weighted by Crippen LogP contribution is -2.38. The van der Waals surface area contributed by atoms with Gasteiger partial charge in [0.05, 0.1) is 24.5 Å². The van der Waals surface area contributed by atoms with Crippen molar-refractivity contribution in [3.05, 3.63) is 17.5 Å². The fourth-order valence-corrected chi connectivity index (χ4v) is 2.93. The van der Waals surface area contributed by atoms with E-state index < -0.39 is 0 Å². The van der Waals surface area contributed by atoms with E-state index in [-0.39, 0.29) is 5.91 Å². The van der Waals surface area contributed by atoms with Crippen LogP contribution in [0.3, 0.4) is 0 Å². The Hall–Kier alpha value is -1.69. The number of aryl methyl sites for hydroxylation is 1. The first-order valence-corrected chi connectivity index (χ1v) is 7.71. The molecule has 1 amide bonds. The number of hydrogen-bond acceptors (Lipinski definition) is 5. The summed E-state index contributed by atoms with van der Waals surface area (Å²) in [5.41, 5.74) is 1.32. The molecule has 2 fully saturated rings. The van der Waals surface area contributed by atoms with E-state index in [1.54, 1.807) is 6.20 Å². The molecule has 2 aliphatic rings. The Balaban J connectivity index is 1.69. The third-order valence-electron chi connectivity index (χ3n) is 4.20. The second kappa shape index (κ2) is 6.39. The Kier molecular flexibility index (Phi) is 4.34. The molecule has 1 saturated heterocycles. The van der Waals surface area contributed by atoms with Crippen molar-refractivity contribution < 1.29 is 9.53 Å². The third kappa shape index (κ3) is 3.32. The summed E-state index contributed by atoms with van der Waals surface area (Å²) in [7, 11) is 0. The van der Waals surface area contributed by atoms with Crippen LogP contribution in [0.15, 0.2) is 6.20 Å². The number of nitrogens with zero attached hydrogens (tertiary/aromatic N) is 3. The molecule has 1 saturated carbocycles. The summed E-state index contributed by atoms with van der Waals surface area (Å²) < 4.78 is 5.33. The number of rotatable bonds is 3. The highest BCUT2D eigenvalue weighted by Crippen LogP contribution is 2.19. The third-order valence-corrected chi connectivity index (χ3v) is 4.20. The van der Waals surface area contributed by atoms with Gasteiger partial charge < -0.3 is 15.0 Å². The number of carbonyl (C=O) groups is 1. The van der Waals surface area contributed by atoms with Gasteiger partial charge in [-0.3, -0.25) is 4.79 Å². The zero-order valence-corrected chi connectivity index (χ0v) is 12.5. The highest BCUT2D eigenvalue weighted by Gasteiger charge is 2.21. The highest BCUT2D eigenvalue weighted by molar-refractivity contribution is 5.95. The number of morpholine rings is 1. The minimum absolute atomic E-state index is 0.0482. The van der Waals surface area contributed by atoms with Gasteiger partial charge in [0.1, 0.15) is 0 Å². The van der Waals surface area contributed by atoms with Crippen LogP contribution in [0.1, 0.15) is 41.7 Å². The van der Waals surface area contributed by atoms with E-state index >= 15 is 0 Å². The number of aromatic nitrogens is 2. The van der Waals surface area contributed by atoms with E-state index in [0.717, 1.165) is 31.6 Å². The molecule has 3 rings (SSSR count). The lowest BCUT2D eigenvalue weighted by atomic mass is 10.2. The van der Waals surface area contributed by atoms with E-state index in [1.807, 2.05) is 6.92 Å². The van der Waals surface area contributed by atoms with E-state index in [4.69, 9.17) is 4.74 Å². The average Bonchev–Trinajstić information content (AvgIpc) is 3.01. The predicted octanol–water partition coefficient (Wildman–Crippen LogP) is 1.29. The monoisotopic (exact) mass is 290 g/mol.